The Morgan fingerprint density at radius 1 is 1.62 bits per heavy atom. The average molecular weight is 239 g/mol. The summed E-state index contributed by atoms with van der Waals surface area (Å²) in [6, 6.07) is 0. The minimum absolute atomic E-state index is 0.546. The van der Waals surface area contributed by atoms with Gasteiger partial charge in [-0.15, -0.1) is 11.4 Å². The quantitative estimate of drug-likeness (QED) is 0.525. The van der Waals surface area contributed by atoms with Crippen molar-refractivity contribution in [1.29, 1.82) is 0 Å². The summed E-state index contributed by atoms with van der Waals surface area (Å²) < 4.78 is 1.76. The molecule has 0 aliphatic rings. The molecule has 0 aromatic carbocycles. The molecule has 2 atom stereocenters. The van der Waals surface area contributed by atoms with E-state index in [2.05, 4.69) is 13.8 Å². The van der Waals surface area contributed by atoms with Crippen LogP contribution in [-0.2, 0) is 16.6 Å². The number of nitrogens with zero attached hydrogens (tertiary/aromatic N) is 1. The Morgan fingerprint density at radius 3 is 2.46 bits per heavy atom. The molecule has 0 radical (unpaired) electrons. The summed E-state index contributed by atoms with van der Waals surface area (Å²) in [5.41, 5.74) is 0. The number of hydrogen-bond donors (Lipinski definition) is 0. The summed E-state index contributed by atoms with van der Waals surface area (Å²) in [5, 5.41) is -1.11. The smallest absolute Gasteiger partial charge is 0.214 e. The second-order valence-corrected chi connectivity index (χ2v) is 11.7. The molecule has 78 valence electrons. The van der Waals surface area contributed by atoms with Crippen molar-refractivity contribution in [3.05, 3.63) is 0 Å². The highest BCUT2D eigenvalue weighted by Gasteiger charge is 2.20. The fourth-order valence-electron chi connectivity index (χ4n) is 0.886. The molecule has 2 unspecified atom stereocenters. The summed E-state index contributed by atoms with van der Waals surface area (Å²) in [7, 11) is 0. The Kier molecular flexibility index (Phi) is 6.27. The molecule has 0 fully saturated rings. The third-order valence-electron chi connectivity index (χ3n) is 1.86. The molecule has 0 aromatic rings. The minimum Gasteiger partial charge on any atom is -0.309 e. The van der Waals surface area contributed by atoms with Crippen LogP contribution in [-0.4, -0.2) is 29.5 Å². The fraction of sp³-hybridized carbons (Fsp3) is 0.875. The van der Waals surface area contributed by atoms with Gasteiger partial charge in [0.1, 0.15) is 0 Å². The van der Waals surface area contributed by atoms with Gasteiger partial charge in [0.2, 0.25) is 6.41 Å². The summed E-state index contributed by atoms with van der Waals surface area (Å²) in [6.07, 6.45) is 1.99. The molecule has 13 heavy (non-hydrogen) atoms. The number of carbonyl (C=O) groups excluding carboxylic acids is 1. The topological polar surface area (TPSA) is 20.3 Å². The molecule has 1 amide bonds. The molecule has 5 heteroatoms. The molecule has 2 nitrogen and oxygen atoms in total. The van der Waals surface area contributed by atoms with Crippen molar-refractivity contribution in [2.75, 3.05) is 13.2 Å². The van der Waals surface area contributed by atoms with Crippen LogP contribution in [0, 0.1) is 0 Å². The van der Waals surface area contributed by atoms with Gasteiger partial charge in [-0.1, -0.05) is 25.7 Å². The van der Waals surface area contributed by atoms with Crippen LogP contribution in [0.2, 0.25) is 0 Å². The maximum Gasteiger partial charge on any atom is 0.214 e. The van der Waals surface area contributed by atoms with Gasteiger partial charge in [-0.2, -0.15) is 0 Å². The lowest BCUT2D eigenvalue weighted by molar-refractivity contribution is -0.113. The third kappa shape index (κ3) is 4.48. The lowest BCUT2D eigenvalue weighted by atomic mass is 10.4. The maximum absolute atomic E-state index is 10.7. The standard InChI is InChI=1S/C8H18NOPS2/c1-5-8(3)13-11(4,12)9(6-2)7-10/h7-8H,5-6H2,1-4H3. The van der Waals surface area contributed by atoms with E-state index in [1.54, 1.807) is 16.1 Å². The SMILES string of the molecule is CCC(C)SP(C)(=S)N(C=O)CC. The Balaban J connectivity index is 4.36. The zero-order chi connectivity index (χ0) is 10.5. The van der Waals surface area contributed by atoms with E-state index >= 15 is 0 Å². The van der Waals surface area contributed by atoms with E-state index in [0.29, 0.717) is 5.25 Å². The van der Waals surface area contributed by atoms with E-state index < -0.39 is 5.39 Å². The van der Waals surface area contributed by atoms with Crippen molar-refractivity contribution in [3.8, 4) is 0 Å². The van der Waals surface area contributed by atoms with Gasteiger partial charge < -0.3 is 4.67 Å². The second-order valence-electron chi connectivity index (χ2n) is 2.99. The van der Waals surface area contributed by atoms with Crippen LogP contribution in [0.1, 0.15) is 27.2 Å². The van der Waals surface area contributed by atoms with E-state index in [-0.39, 0.29) is 0 Å². The van der Waals surface area contributed by atoms with Crippen LogP contribution in [0.4, 0.5) is 0 Å². The van der Waals surface area contributed by atoms with Crippen molar-refractivity contribution in [2.24, 2.45) is 0 Å². The lowest BCUT2D eigenvalue weighted by Crippen LogP contribution is -2.16. The van der Waals surface area contributed by atoms with E-state index in [4.69, 9.17) is 11.8 Å². The van der Waals surface area contributed by atoms with Crippen molar-refractivity contribution in [3.63, 3.8) is 0 Å². The Labute approximate surface area is 90.3 Å². The monoisotopic (exact) mass is 239 g/mol. The maximum atomic E-state index is 10.7. The number of amides is 1. The van der Waals surface area contributed by atoms with Gasteiger partial charge in [0.05, 0.1) is 5.39 Å². The van der Waals surface area contributed by atoms with E-state index in [0.717, 1.165) is 19.4 Å². The van der Waals surface area contributed by atoms with Crippen molar-refractivity contribution < 1.29 is 4.79 Å². The molecule has 0 bridgehead atoms. The van der Waals surface area contributed by atoms with Crippen LogP contribution in [0.25, 0.3) is 0 Å². The average Bonchev–Trinajstić information content (AvgIpc) is 2.05. The van der Waals surface area contributed by atoms with Crippen LogP contribution < -0.4 is 0 Å². The molecule has 0 saturated carbocycles. The van der Waals surface area contributed by atoms with Crippen molar-refractivity contribution in [1.82, 2.24) is 4.67 Å². The summed E-state index contributed by atoms with van der Waals surface area (Å²) in [4.78, 5) is 10.7. The fourth-order valence-corrected chi connectivity index (χ4v) is 7.57. The Hall–Kier alpha value is 0.470. The molecular formula is C8H18NOPS2. The number of hydrogen-bond acceptors (Lipinski definition) is 3. The highest BCUT2D eigenvalue weighted by Crippen LogP contribution is 2.60. The van der Waals surface area contributed by atoms with Crippen LogP contribution in [0.3, 0.4) is 0 Å². The van der Waals surface area contributed by atoms with E-state index in [9.17, 15) is 4.79 Å². The molecule has 0 N–H and O–H groups in total. The first-order valence-electron chi connectivity index (χ1n) is 4.46. The largest absolute Gasteiger partial charge is 0.309 e. The molecule has 0 heterocycles. The molecule has 0 aliphatic carbocycles. The summed E-state index contributed by atoms with van der Waals surface area (Å²) in [5.74, 6) is 0. The van der Waals surface area contributed by atoms with Crippen LogP contribution in [0.5, 0.6) is 0 Å². The van der Waals surface area contributed by atoms with Gasteiger partial charge in [-0.3, -0.25) is 4.79 Å². The Bertz CT molecular complexity index is 210. The van der Waals surface area contributed by atoms with E-state index in [1.807, 2.05) is 13.6 Å². The molecule has 0 saturated heterocycles. The van der Waals surface area contributed by atoms with Gasteiger partial charge in [0.25, 0.3) is 0 Å². The highest BCUT2D eigenvalue weighted by molar-refractivity contribution is 8.70. The predicted molar refractivity (Wildman–Crippen MR) is 66.0 cm³/mol. The van der Waals surface area contributed by atoms with Crippen LogP contribution in [0.15, 0.2) is 0 Å². The predicted octanol–water partition coefficient (Wildman–Crippen LogP) is 2.94. The zero-order valence-corrected chi connectivity index (χ0v) is 11.2. The highest BCUT2D eigenvalue weighted by atomic mass is 32.9. The first-order chi connectivity index (χ1) is 5.97. The second kappa shape index (κ2) is 6.05. The molecule has 0 aliphatic heterocycles. The van der Waals surface area contributed by atoms with Gasteiger partial charge in [0.15, 0.2) is 0 Å². The molecule has 0 rings (SSSR count). The number of carbonyl (C=O) groups is 1. The molecular weight excluding hydrogens is 221 g/mol. The van der Waals surface area contributed by atoms with Gasteiger partial charge in [0, 0.05) is 11.8 Å². The Morgan fingerprint density at radius 2 is 2.15 bits per heavy atom. The normalized spacial score (nSPS) is 17.5. The van der Waals surface area contributed by atoms with Gasteiger partial charge in [-0.25, -0.2) is 0 Å². The van der Waals surface area contributed by atoms with Crippen molar-refractivity contribution >= 4 is 35.0 Å². The lowest BCUT2D eigenvalue weighted by Gasteiger charge is -2.29. The summed E-state index contributed by atoms with van der Waals surface area (Å²) >= 11 is 7.25. The first kappa shape index (κ1) is 13.5. The minimum atomic E-state index is -1.66. The first-order valence-corrected chi connectivity index (χ1v) is 9.15. The van der Waals surface area contributed by atoms with Gasteiger partial charge in [-0.05, 0) is 20.0 Å². The third-order valence-corrected chi connectivity index (χ3v) is 8.54. The number of rotatable bonds is 6. The van der Waals surface area contributed by atoms with Crippen LogP contribution >= 0.6 is 16.8 Å². The zero-order valence-electron chi connectivity index (χ0n) is 8.69. The molecule has 0 aromatic heterocycles. The van der Waals surface area contributed by atoms with Gasteiger partial charge >= 0.3 is 0 Å². The van der Waals surface area contributed by atoms with E-state index in [1.165, 1.54) is 0 Å². The summed E-state index contributed by atoms with van der Waals surface area (Å²) in [6.45, 7) is 9.02. The van der Waals surface area contributed by atoms with Crippen molar-refractivity contribution in [2.45, 2.75) is 32.4 Å². The molecule has 0 spiro atoms.